The smallest absolute Gasteiger partial charge is 0.249 e. The monoisotopic (exact) mass is 199 g/mol. The molecule has 3 N–H and O–H groups in total. The van der Waals surface area contributed by atoms with Gasteiger partial charge in [-0.2, -0.15) is 0 Å². The molecule has 2 atom stereocenters. The van der Waals surface area contributed by atoms with E-state index < -0.39 is 0 Å². The van der Waals surface area contributed by atoms with Gasteiger partial charge in [-0.25, -0.2) is 0 Å². The van der Waals surface area contributed by atoms with Gasteiger partial charge in [0.15, 0.2) is 0 Å². The predicted octanol–water partition coefficient (Wildman–Crippen LogP) is -1.12. The second kappa shape index (κ2) is 4.25. The second-order valence-corrected chi connectivity index (χ2v) is 3.83. The first-order chi connectivity index (χ1) is 6.81. The number of nitrogens with one attached hydrogen (secondary N) is 1. The highest BCUT2D eigenvalue weighted by atomic mass is 16.5. The number of hydrogen-bond acceptors (Lipinski definition) is 4. The van der Waals surface area contributed by atoms with Crippen molar-refractivity contribution in [2.45, 2.75) is 25.1 Å². The lowest BCUT2D eigenvalue weighted by Gasteiger charge is -2.36. The lowest BCUT2D eigenvalue weighted by Crippen LogP contribution is -2.55. The molecule has 5 heteroatoms. The summed E-state index contributed by atoms with van der Waals surface area (Å²) in [5, 5.41) is 3.31. The summed E-state index contributed by atoms with van der Waals surface area (Å²) in [4.78, 5) is 13.4. The second-order valence-electron chi connectivity index (χ2n) is 3.83. The van der Waals surface area contributed by atoms with E-state index in [1.165, 1.54) is 0 Å². The standard InChI is InChI=1S/C9H17N3O2/c10-4-7-5-12(9(13)6-14-7)8-2-1-3-11-8/h7-8,11H,1-6,10H2. The highest BCUT2D eigenvalue weighted by molar-refractivity contribution is 5.78. The van der Waals surface area contributed by atoms with Crippen molar-refractivity contribution in [2.75, 3.05) is 26.2 Å². The summed E-state index contributed by atoms with van der Waals surface area (Å²) in [7, 11) is 0. The molecule has 0 radical (unpaired) electrons. The number of ether oxygens (including phenoxy) is 1. The first-order valence-electron chi connectivity index (χ1n) is 5.16. The van der Waals surface area contributed by atoms with Crippen molar-refractivity contribution >= 4 is 5.91 Å². The molecule has 2 aliphatic heterocycles. The molecule has 2 aliphatic rings. The van der Waals surface area contributed by atoms with Gasteiger partial charge in [0.1, 0.15) is 6.61 Å². The molecule has 2 fully saturated rings. The summed E-state index contributed by atoms with van der Waals surface area (Å²) >= 11 is 0. The van der Waals surface area contributed by atoms with Crippen LogP contribution in [0.1, 0.15) is 12.8 Å². The van der Waals surface area contributed by atoms with E-state index in [4.69, 9.17) is 10.5 Å². The molecule has 80 valence electrons. The lowest BCUT2D eigenvalue weighted by molar-refractivity contribution is -0.152. The molecule has 2 heterocycles. The predicted molar refractivity (Wildman–Crippen MR) is 51.5 cm³/mol. The molecule has 14 heavy (non-hydrogen) atoms. The van der Waals surface area contributed by atoms with E-state index in [2.05, 4.69) is 5.32 Å². The van der Waals surface area contributed by atoms with Crippen LogP contribution in [0.25, 0.3) is 0 Å². The number of nitrogens with two attached hydrogens (primary N) is 1. The first-order valence-corrected chi connectivity index (χ1v) is 5.16. The van der Waals surface area contributed by atoms with Crippen molar-refractivity contribution in [2.24, 2.45) is 5.73 Å². The van der Waals surface area contributed by atoms with Crippen LogP contribution in [0.5, 0.6) is 0 Å². The average molecular weight is 199 g/mol. The minimum Gasteiger partial charge on any atom is -0.365 e. The van der Waals surface area contributed by atoms with E-state index in [0.717, 1.165) is 19.4 Å². The van der Waals surface area contributed by atoms with E-state index >= 15 is 0 Å². The fourth-order valence-electron chi connectivity index (χ4n) is 2.02. The number of nitrogens with zero attached hydrogens (tertiary/aromatic N) is 1. The molecule has 0 aliphatic carbocycles. The average Bonchev–Trinajstić information content (AvgIpc) is 2.71. The van der Waals surface area contributed by atoms with Crippen LogP contribution >= 0.6 is 0 Å². The van der Waals surface area contributed by atoms with E-state index in [1.54, 1.807) is 0 Å². The molecule has 2 unspecified atom stereocenters. The van der Waals surface area contributed by atoms with E-state index in [-0.39, 0.29) is 24.8 Å². The maximum absolute atomic E-state index is 11.6. The van der Waals surface area contributed by atoms with Gasteiger partial charge in [0.05, 0.1) is 12.3 Å². The minimum absolute atomic E-state index is 0.00935. The van der Waals surface area contributed by atoms with Crippen LogP contribution < -0.4 is 11.1 Å². The normalized spacial score (nSPS) is 33.8. The van der Waals surface area contributed by atoms with Gasteiger partial charge in [-0.15, -0.1) is 0 Å². The number of hydrogen-bond donors (Lipinski definition) is 2. The number of rotatable bonds is 2. The molecule has 0 aromatic heterocycles. The van der Waals surface area contributed by atoms with Gasteiger partial charge in [-0.05, 0) is 19.4 Å². The Bertz CT molecular complexity index is 216. The molecule has 5 nitrogen and oxygen atoms in total. The SMILES string of the molecule is NCC1CN(C2CCCN2)C(=O)CO1. The van der Waals surface area contributed by atoms with Crippen LogP contribution in [0.15, 0.2) is 0 Å². The summed E-state index contributed by atoms with van der Waals surface area (Å²) in [6.45, 7) is 2.30. The molecule has 0 aromatic rings. The molecule has 2 saturated heterocycles. The highest BCUT2D eigenvalue weighted by Crippen LogP contribution is 2.15. The van der Waals surface area contributed by atoms with E-state index in [9.17, 15) is 4.79 Å². The molecule has 0 aromatic carbocycles. The van der Waals surface area contributed by atoms with Crippen molar-refractivity contribution in [3.8, 4) is 0 Å². The van der Waals surface area contributed by atoms with E-state index in [0.29, 0.717) is 13.1 Å². The molecule has 1 amide bonds. The van der Waals surface area contributed by atoms with Crippen molar-refractivity contribution < 1.29 is 9.53 Å². The zero-order chi connectivity index (χ0) is 9.97. The van der Waals surface area contributed by atoms with Crippen molar-refractivity contribution in [3.63, 3.8) is 0 Å². The lowest BCUT2D eigenvalue weighted by atomic mass is 10.2. The Hall–Kier alpha value is -0.650. The fraction of sp³-hybridized carbons (Fsp3) is 0.889. The van der Waals surface area contributed by atoms with Crippen LogP contribution in [-0.4, -0.2) is 49.3 Å². The molecule has 0 bridgehead atoms. The maximum atomic E-state index is 11.6. The Balaban J connectivity index is 1.96. The van der Waals surface area contributed by atoms with E-state index in [1.807, 2.05) is 4.90 Å². The Kier molecular flexibility index (Phi) is 3.00. The van der Waals surface area contributed by atoms with Crippen molar-refractivity contribution in [3.05, 3.63) is 0 Å². The Labute approximate surface area is 83.6 Å². The third kappa shape index (κ3) is 1.89. The van der Waals surface area contributed by atoms with Gasteiger partial charge >= 0.3 is 0 Å². The van der Waals surface area contributed by atoms with Crippen LogP contribution in [-0.2, 0) is 9.53 Å². The highest BCUT2D eigenvalue weighted by Gasteiger charge is 2.32. The summed E-state index contributed by atoms with van der Waals surface area (Å²) < 4.78 is 5.29. The molecule has 0 saturated carbocycles. The Morgan fingerprint density at radius 1 is 1.64 bits per heavy atom. The largest absolute Gasteiger partial charge is 0.365 e. The van der Waals surface area contributed by atoms with Crippen LogP contribution in [0, 0.1) is 0 Å². The number of carbonyl (C=O) groups excluding carboxylic acids is 1. The topological polar surface area (TPSA) is 67.6 Å². The number of morpholine rings is 1. The molecular formula is C9H17N3O2. The van der Waals surface area contributed by atoms with Gasteiger partial charge in [0.2, 0.25) is 5.91 Å². The fourth-order valence-corrected chi connectivity index (χ4v) is 2.02. The van der Waals surface area contributed by atoms with Gasteiger partial charge in [0.25, 0.3) is 0 Å². The molecule has 2 rings (SSSR count). The summed E-state index contributed by atoms with van der Waals surface area (Å²) in [5.74, 6) is 0.0779. The summed E-state index contributed by atoms with van der Waals surface area (Å²) in [6, 6.07) is 0. The molecular weight excluding hydrogens is 182 g/mol. The van der Waals surface area contributed by atoms with Gasteiger partial charge < -0.3 is 15.4 Å². The van der Waals surface area contributed by atoms with Gasteiger partial charge in [0, 0.05) is 13.1 Å². The van der Waals surface area contributed by atoms with Crippen LogP contribution in [0.4, 0.5) is 0 Å². The van der Waals surface area contributed by atoms with Gasteiger partial charge in [-0.1, -0.05) is 0 Å². The number of amides is 1. The maximum Gasteiger partial charge on any atom is 0.249 e. The summed E-state index contributed by atoms with van der Waals surface area (Å²) in [5.41, 5.74) is 5.53. The van der Waals surface area contributed by atoms with Crippen molar-refractivity contribution in [1.29, 1.82) is 0 Å². The van der Waals surface area contributed by atoms with Crippen LogP contribution in [0.2, 0.25) is 0 Å². The third-order valence-corrected chi connectivity index (χ3v) is 2.84. The quantitative estimate of drug-likeness (QED) is 0.591. The Morgan fingerprint density at radius 3 is 3.14 bits per heavy atom. The van der Waals surface area contributed by atoms with Gasteiger partial charge in [-0.3, -0.25) is 10.1 Å². The zero-order valence-electron chi connectivity index (χ0n) is 8.24. The van der Waals surface area contributed by atoms with Crippen molar-refractivity contribution in [1.82, 2.24) is 10.2 Å². The first kappa shape index (κ1) is 9.89. The third-order valence-electron chi connectivity index (χ3n) is 2.84. The zero-order valence-corrected chi connectivity index (χ0v) is 8.24. The number of carbonyl (C=O) groups is 1. The minimum atomic E-state index is 0.00935. The summed E-state index contributed by atoms with van der Waals surface area (Å²) in [6.07, 6.45) is 2.40. The Morgan fingerprint density at radius 2 is 2.50 bits per heavy atom. The van der Waals surface area contributed by atoms with Crippen LogP contribution in [0.3, 0.4) is 0 Å². The molecule has 0 spiro atoms.